The number of benzene rings is 3. The van der Waals surface area contributed by atoms with Gasteiger partial charge < -0.3 is 15.4 Å². The average molecular weight is 581 g/mol. The lowest BCUT2D eigenvalue weighted by Crippen LogP contribution is -2.35. The van der Waals surface area contributed by atoms with Gasteiger partial charge in [0.2, 0.25) is 0 Å². The van der Waals surface area contributed by atoms with Crippen LogP contribution in [0.1, 0.15) is 27.2 Å². The van der Waals surface area contributed by atoms with Gasteiger partial charge in [0.25, 0.3) is 15.9 Å². The molecule has 1 aromatic heterocycles. The van der Waals surface area contributed by atoms with Crippen LogP contribution in [-0.4, -0.2) is 43.2 Å². The number of carbonyl (C=O) groups is 1. The number of nitrogens with zero attached hydrogens (tertiary/aromatic N) is 3. The van der Waals surface area contributed by atoms with Crippen molar-refractivity contribution >= 4 is 67.8 Å². The van der Waals surface area contributed by atoms with E-state index in [-0.39, 0.29) is 22.4 Å². The molecule has 4 aromatic rings. The van der Waals surface area contributed by atoms with E-state index in [1.807, 2.05) is 6.92 Å². The third-order valence-electron chi connectivity index (χ3n) is 5.78. The normalized spacial score (nSPS) is 11.9. The number of nitrogens with one attached hydrogen (secondary N) is 3. The fraction of sp³-hybridized carbons (Fsp3) is 0.214. The SMILES string of the molecule is CCC=NC(C)(C)C(=O)Nc1cccc(S(=O)(=O)Nc2nc3ccccc3nc2Nc2cc(OC)ccc2Cl)c1. The molecule has 0 aliphatic heterocycles. The third-order valence-corrected chi connectivity index (χ3v) is 7.45. The monoisotopic (exact) mass is 580 g/mol. The highest BCUT2D eigenvalue weighted by Crippen LogP contribution is 2.33. The Hall–Kier alpha value is -4.22. The van der Waals surface area contributed by atoms with Gasteiger partial charge in [0.05, 0.1) is 33.7 Å². The number of para-hydroxylation sites is 2. The first-order chi connectivity index (χ1) is 19.0. The van der Waals surface area contributed by atoms with Gasteiger partial charge in [0, 0.05) is 11.8 Å². The Balaban J connectivity index is 1.68. The minimum atomic E-state index is -4.16. The number of aliphatic imine (C=N–C) groups is 1. The van der Waals surface area contributed by atoms with E-state index in [0.717, 1.165) is 0 Å². The first-order valence-electron chi connectivity index (χ1n) is 12.4. The van der Waals surface area contributed by atoms with E-state index < -0.39 is 15.6 Å². The number of fused-ring (bicyclic) bond motifs is 1. The van der Waals surface area contributed by atoms with Crippen LogP contribution in [0.2, 0.25) is 5.02 Å². The van der Waals surface area contributed by atoms with E-state index in [1.54, 1.807) is 68.6 Å². The first kappa shape index (κ1) is 28.8. The van der Waals surface area contributed by atoms with Crippen molar-refractivity contribution in [1.29, 1.82) is 0 Å². The van der Waals surface area contributed by atoms with Crippen LogP contribution in [-0.2, 0) is 14.8 Å². The fourth-order valence-electron chi connectivity index (χ4n) is 3.60. The summed E-state index contributed by atoms with van der Waals surface area (Å²) in [7, 11) is -2.63. The molecule has 0 aliphatic rings. The molecule has 0 spiro atoms. The number of hydrogen-bond acceptors (Lipinski definition) is 8. The molecule has 3 aromatic carbocycles. The second-order valence-corrected chi connectivity index (χ2v) is 11.3. The maximum absolute atomic E-state index is 13.5. The van der Waals surface area contributed by atoms with Crippen molar-refractivity contribution in [2.24, 2.45) is 4.99 Å². The second-order valence-electron chi connectivity index (χ2n) is 9.25. The maximum Gasteiger partial charge on any atom is 0.263 e. The molecule has 0 aliphatic carbocycles. The smallest absolute Gasteiger partial charge is 0.263 e. The number of ether oxygens (including phenoxy) is 1. The maximum atomic E-state index is 13.5. The number of hydrogen-bond donors (Lipinski definition) is 3. The van der Waals surface area contributed by atoms with E-state index in [0.29, 0.717) is 39.6 Å². The predicted molar refractivity (Wildman–Crippen MR) is 160 cm³/mol. The Bertz CT molecular complexity index is 1690. The van der Waals surface area contributed by atoms with Crippen LogP contribution in [0.5, 0.6) is 5.75 Å². The molecular formula is C28H29ClN6O4S. The molecule has 3 N–H and O–H groups in total. The number of rotatable bonds is 10. The number of methoxy groups -OCH3 is 1. The molecular weight excluding hydrogens is 552 g/mol. The Morgan fingerprint density at radius 1 is 1.02 bits per heavy atom. The minimum Gasteiger partial charge on any atom is -0.497 e. The first-order valence-corrected chi connectivity index (χ1v) is 14.2. The number of halogens is 1. The third kappa shape index (κ3) is 6.67. The van der Waals surface area contributed by atoms with Crippen molar-refractivity contribution in [2.45, 2.75) is 37.6 Å². The quantitative estimate of drug-likeness (QED) is 0.195. The summed E-state index contributed by atoms with van der Waals surface area (Å²) in [5.74, 6) is 0.270. The van der Waals surface area contributed by atoms with Crippen molar-refractivity contribution in [3.05, 3.63) is 71.8 Å². The standard InChI is InChI=1S/C28H29ClN6O4S/c1-5-15-30-28(2,3)27(36)31-18-9-8-10-20(16-18)40(37,38)35-26-25(32-22-11-6-7-12-23(22)33-26)34-24-17-19(39-4)13-14-21(24)29/h6-17H,5H2,1-4H3,(H,31,36)(H,32,34)(H,33,35). The van der Waals surface area contributed by atoms with Crippen LogP contribution in [0.15, 0.2) is 76.6 Å². The van der Waals surface area contributed by atoms with Gasteiger partial charge in [-0.3, -0.25) is 14.5 Å². The average Bonchev–Trinajstić information content (AvgIpc) is 2.93. The van der Waals surface area contributed by atoms with Crippen LogP contribution >= 0.6 is 11.6 Å². The highest BCUT2D eigenvalue weighted by molar-refractivity contribution is 7.92. The molecule has 10 nitrogen and oxygen atoms in total. The molecule has 0 unspecified atom stereocenters. The molecule has 1 heterocycles. The zero-order valence-electron chi connectivity index (χ0n) is 22.4. The molecule has 40 heavy (non-hydrogen) atoms. The van der Waals surface area contributed by atoms with Crippen molar-refractivity contribution in [2.75, 3.05) is 22.5 Å². The predicted octanol–water partition coefficient (Wildman–Crippen LogP) is 6.03. The van der Waals surface area contributed by atoms with E-state index in [4.69, 9.17) is 16.3 Å². The number of anilines is 4. The highest BCUT2D eigenvalue weighted by atomic mass is 35.5. The number of carbonyl (C=O) groups excluding carboxylic acids is 1. The van der Waals surface area contributed by atoms with Gasteiger partial charge in [-0.15, -0.1) is 0 Å². The van der Waals surface area contributed by atoms with Crippen molar-refractivity contribution < 1.29 is 17.9 Å². The minimum absolute atomic E-state index is 0.0398. The van der Waals surface area contributed by atoms with E-state index >= 15 is 0 Å². The molecule has 0 bridgehead atoms. The van der Waals surface area contributed by atoms with E-state index in [2.05, 4.69) is 30.3 Å². The highest BCUT2D eigenvalue weighted by Gasteiger charge is 2.27. The van der Waals surface area contributed by atoms with E-state index in [9.17, 15) is 13.2 Å². The van der Waals surface area contributed by atoms with Crippen LogP contribution < -0.4 is 20.1 Å². The van der Waals surface area contributed by atoms with Crippen molar-refractivity contribution in [3.8, 4) is 5.75 Å². The largest absolute Gasteiger partial charge is 0.497 e. The lowest BCUT2D eigenvalue weighted by atomic mass is 10.1. The van der Waals surface area contributed by atoms with Crippen molar-refractivity contribution in [1.82, 2.24) is 9.97 Å². The number of amides is 1. The van der Waals surface area contributed by atoms with Gasteiger partial charge in [0.1, 0.15) is 11.3 Å². The Kier molecular flexibility index (Phi) is 8.55. The Morgan fingerprint density at radius 3 is 2.40 bits per heavy atom. The van der Waals surface area contributed by atoms with Gasteiger partial charge in [-0.25, -0.2) is 18.4 Å². The summed E-state index contributed by atoms with van der Waals surface area (Å²) in [5, 5.41) is 6.18. The van der Waals surface area contributed by atoms with Crippen molar-refractivity contribution in [3.63, 3.8) is 0 Å². The zero-order chi connectivity index (χ0) is 28.9. The molecule has 4 rings (SSSR count). The summed E-state index contributed by atoms with van der Waals surface area (Å²) in [6.45, 7) is 5.28. The van der Waals surface area contributed by atoms with Crippen LogP contribution in [0, 0.1) is 0 Å². The summed E-state index contributed by atoms with van der Waals surface area (Å²) in [4.78, 5) is 26.1. The van der Waals surface area contributed by atoms with Crippen LogP contribution in [0.25, 0.3) is 11.0 Å². The Morgan fingerprint density at radius 2 is 1.73 bits per heavy atom. The van der Waals surface area contributed by atoms with Crippen LogP contribution in [0.4, 0.5) is 23.0 Å². The van der Waals surface area contributed by atoms with Gasteiger partial charge in [-0.1, -0.05) is 36.7 Å². The molecule has 0 saturated heterocycles. The lowest BCUT2D eigenvalue weighted by Gasteiger charge is -2.19. The van der Waals surface area contributed by atoms with Gasteiger partial charge in [-0.05, 0) is 68.9 Å². The summed E-state index contributed by atoms with van der Waals surface area (Å²) in [6, 6.07) is 18.0. The molecule has 0 saturated carbocycles. The van der Waals surface area contributed by atoms with Gasteiger partial charge >= 0.3 is 0 Å². The van der Waals surface area contributed by atoms with Gasteiger partial charge in [-0.2, -0.15) is 0 Å². The fourth-order valence-corrected chi connectivity index (χ4v) is 4.82. The second kappa shape index (κ2) is 11.9. The molecule has 0 radical (unpaired) electrons. The summed E-state index contributed by atoms with van der Waals surface area (Å²) >= 11 is 6.37. The molecule has 0 fully saturated rings. The molecule has 12 heteroatoms. The zero-order valence-corrected chi connectivity index (χ0v) is 24.0. The molecule has 1 amide bonds. The lowest BCUT2D eigenvalue weighted by molar-refractivity contribution is -0.119. The number of sulfonamides is 1. The number of aromatic nitrogens is 2. The topological polar surface area (TPSA) is 135 Å². The molecule has 208 valence electrons. The summed E-state index contributed by atoms with van der Waals surface area (Å²) < 4.78 is 34.8. The molecule has 0 atom stereocenters. The summed E-state index contributed by atoms with van der Waals surface area (Å²) in [5.41, 5.74) is 0.762. The van der Waals surface area contributed by atoms with E-state index in [1.165, 1.54) is 25.3 Å². The van der Waals surface area contributed by atoms with Crippen LogP contribution in [0.3, 0.4) is 0 Å². The summed E-state index contributed by atoms with van der Waals surface area (Å²) in [6.07, 6.45) is 2.36. The van der Waals surface area contributed by atoms with Gasteiger partial charge in [0.15, 0.2) is 11.6 Å². The Labute approximate surface area is 237 Å².